The van der Waals surface area contributed by atoms with Crippen molar-refractivity contribution in [3.63, 3.8) is 0 Å². The normalized spacial score (nSPS) is 10.3. The lowest BCUT2D eigenvalue weighted by Crippen LogP contribution is -2.32. The molecule has 0 aliphatic rings. The van der Waals surface area contributed by atoms with Crippen LogP contribution in [0.4, 0.5) is 11.4 Å². The maximum Gasteiger partial charge on any atom is 0.226 e. The molecule has 0 saturated heterocycles. The standard InChI is InChI=1S/C19H20Cl2N2O3/c1-12-4-7-18(26-3)16(10-12)22-19(25)8-9-23(13(2)24)17-11-14(20)5-6-15(17)21/h4-7,10-11H,8-9H2,1-3H3,(H,22,25). The zero-order valence-corrected chi connectivity index (χ0v) is 16.3. The van der Waals surface area contributed by atoms with Crippen molar-refractivity contribution < 1.29 is 14.3 Å². The molecule has 138 valence electrons. The highest BCUT2D eigenvalue weighted by atomic mass is 35.5. The average Bonchev–Trinajstić information content (AvgIpc) is 2.58. The van der Waals surface area contributed by atoms with Crippen LogP contribution in [-0.2, 0) is 9.59 Å². The predicted molar refractivity (Wildman–Crippen MR) is 105 cm³/mol. The van der Waals surface area contributed by atoms with E-state index in [2.05, 4.69) is 5.32 Å². The molecule has 0 aliphatic heterocycles. The van der Waals surface area contributed by atoms with Gasteiger partial charge in [0.15, 0.2) is 0 Å². The summed E-state index contributed by atoms with van der Waals surface area (Å²) in [7, 11) is 1.54. The number of anilines is 2. The number of ether oxygens (including phenoxy) is 1. The summed E-state index contributed by atoms with van der Waals surface area (Å²) in [4.78, 5) is 25.8. The molecule has 0 spiro atoms. The number of halogens is 2. The Morgan fingerprint density at radius 1 is 1.15 bits per heavy atom. The topological polar surface area (TPSA) is 58.6 Å². The summed E-state index contributed by atoms with van der Waals surface area (Å²) in [5.74, 6) is 0.110. The Balaban J connectivity index is 2.10. The lowest BCUT2D eigenvalue weighted by Gasteiger charge is -2.22. The van der Waals surface area contributed by atoms with Crippen molar-refractivity contribution in [3.05, 3.63) is 52.0 Å². The summed E-state index contributed by atoms with van der Waals surface area (Å²) in [5, 5.41) is 3.67. The molecule has 2 rings (SSSR count). The van der Waals surface area contributed by atoms with E-state index in [9.17, 15) is 9.59 Å². The van der Waals surface area contributed by atoms with Gasteiger partial charge >= 0.3 is 0 Å². The summed E-state index contributed by atoms with van der Waals surface area (Å²) in [5.41, 5.74) is 2.07. The molecule has 0 saturated carbocycles. The number of rotatable bonds is 6. The highest BCUT2D eigenvalue weighted by Crippen LogP contribution is 2.30. The Bertz CT molecular complexity index is 824. The first-order chi connectivity index (χ1) is 12.3. The quantitative estimate of drug-likeness (QED) is 0.772. The first kappa shape index (κ1) is 20.1. The van der Waals surface area contributed by atoms with Crippen molar-refractivity contribution in [2.24, 2.45) is 0 Å². The second-order valence-corrected chi connectivity index (χ2v) is 6.61. The van der Waals surface area contributed by atoms with Crippen molar-refractivity contribution >= 4 is 46.4 Å². The summed E-state index contributed by atoms with van der Waals surface area (Å²) >= 11 is 12.2. The van der Waals surface area contributed by atoms with Gasteiger partial charge in [-0.05, 0) is 42.8 Å². The smallest absolute Gasteiger partial charge is 0.226 e. The number of methoxy groups -OCH3 is 1. The Morgan fingerprint density at radius 2 is 1.88 bits per heavy atom. The maximum atomic E-state index is 12.3. The molecule has 0 fully saturated rings. The first-order valence-corrected chi connectivity index (χ1v) is 8.75. The molecule has 0 bridgehead atoms. The number of nitrogens with zero attached hydrogens (tertiary/aromatic N) is 1. The van der Waals surface area contributed by atoms with Crippen molar-refractivity contribution in [3.8, 4) is 5.75 Å². The van der Waals surface area contributed by atoms with Gasteiger partial charge in [0.2, 0.25) is 11.8 Å². The minimum absolute atomic E-state index is 0.0967. The Kier molecular flexibility index (Phi) is 6.89. The Morgan fingerprint density at radius 3 is 2.54 bits per heavy atom. The van der Waals surface area contributed by atoms with Gasteiger partial charge in [-0.3, -0.25) is 9.59 Å². The van der Waals surface area contributed by atoms with Crippen LogP contribution in [0.3, 0.4) is 0 Å². The lowest BCUT2D eigenvalue weighted by molar-refractivity contribution is -0.117. The summed E-state index contributed by atoms with van der Waals surface area (Å²) < 4.78 is 5.25. The van der Waals surface area contributed by atoms with E-state index >= 15 is 0 Å². The lowest BCUT2D eigenvalue weighted by atomic mass is 10.2. The maximum absolute atomic E-state index is 12.3. The van der Waals surface area contributed by atoms with Crippen molar-refractivity contribution in [1.29, 1.82) is 0 Å². The Labute approximate surface area is 162 Å². The van der Waals surface area contributed by atoms with E-state index < -0.39 is 0 Å². The fourth-order valence-electron chi connectivity index (χ4n) is 2.49. The Hall–Kier alpha value is -2.24. The van der Waals surface area contributed by atoms with E-state index in [1.807, 2.05) is 19.1 Å². The number of carbonyl (C=O) groups excluding carboxylic acids is 2. The van der Waals surface area contributed by atoms with E-state index in [0.717, 1.165) is 5.56 Å². The zero-order valence-electron chi connectivity index (χ0n) is 14.8. The molecule has 2 aromatic carbocycles. The number of carbonyl (C=O) groups is 2. The summed E-state index contributed by atoms with van der Waals surface area (Å²) in [6, 6.07) is 10.4. The van der Waals surface area contributed by atoms with Crippen molar-refractivity contribution in [2.75, 3.05) is 23.9 Å². The molecule has 0 radical (unpaired) electrons. The second kappa shape index (κ2) is 8.92. The molecular weight excluding hydrogens is 375 g/mol. The molecular formula is C19H20Cl2N2O3. The first-order valence-electron chi connectivity index (χ1n) is 7.99. The van der Waals surface area contributed by atoms with E-state index in [1.54, 1.807) is 31.4 Å². The number of amides is 2. The molecule has 7 heteroatoms. The van der Waals surface area contributed by atoms with E-state index in [-0.39, 0.29) is 24.8 Å². The van der Waals surface area contributed by atoms with Crippen molar-refractivity contribution in [2.45, 2.75) is 20.3 Å². The average molecular weight is 395 g/mol. The molecule has 0 aromatic heterocycles. The van der Waals surface area contributed by atoms with Crippen LogP contribution in [0.15, 0.2) is 36.4 Å². The third-order valence-corrected chi connectivity index (χ3v) is 4.33. The number of benzene rings is 2. The number of aryl methyl sites for hydroxylation is 1. The van der Waals surface area contributed by atoms with Crippen LogP contribution in [0.25, 0.3) is 0 Å². The predicted octanol–water partition coefficient (Wildman–Crippen LogP) is 4.69. The van der Waals surface area contributed by atoms with Crippen LogP contribution < -0.4 is 15.0 Å². The third kappa shape index (κ3) is 5.13. The molecule has 0 unspecified atom stereocenters. The molecule has 5 nitrogen and oxygen atoms in total. The minimum Gasteiger partial charge on any atom is -0.495 e. The largest absolute Gasteiger partial charge is 0.495 e. The van der Waals surface area contributed by atoms with Gasteiger partial charge in [-0.1, -0.05) is 29.3 Å². The molecule has 0 heterocycles. The van der Waals surface area contributed by atoms with Gasteiger partial charge in [0.25, 0.3) is 0 Å². The van der Waals surface area contributed by atoms with E-state index in [0.29, 0.717) is 27.2 Å². The van der Waals surface area contributed by atoms with Crippen LogP contribution in [0.5, 0.6) is 5.75 Å². The van der Waals surface area contributed by atoms with Gasteiger partial charge < -0.3 is 15.0 Å². The summed E-state index contributed by atoms with van der Waals surface area (Å²) in [6.07, 6.45) is 0.0967. The second-order valence-electron chi connectivity index (χ2n) is 5.77. The molecule has 0 atom stereocenters. The van der Waals surface area contributed by atoms with Gasteiger partial charge in [0, 0.05) is 24.9 Å². The highest BCUT2D eigenvalue weighted by Gasteiger charge is 2.17. The number of hydrogen-bond donors (Lipinski definition) is 1. The fraction of sp³-hybridized carbons (Fsp3) is 0.263. The monoisotopic (exact) mass is 394 g/mol. The van der Waals surface area contributed by atoms with Gasteiger partial charge in [-0.15, -0.1) is 0 Å². The van der Waals surface area contributed by atoms with E-state index in [4.69, 9.17) is 27.9 Å². The molecule has 2 amide bonds. The van der Waals surface area contributed by atoms with Crippen molar-refractivity contribution in [1.82, 2.24) is 0 Å². The van der Waals surface area contributed by atoms with Crippen LogP contribution >= 0.6 is 23.2 Å². The molecule has 26 heavy (non-hydrogen) atoms. The SMILES string of the molecule is COc1ccc(C)cc1NC(=O)CCN(C(C)=O)c1cc(Cl)ccc1Cl. The zero-order chi connectivity index (χ0) is 19.3. The number of hydrogen-bond acceptors (Lipinski definition) is 3. The fourth-order valence-corrected chi connectivity index (χ4v) is 2.87. The van der Waals surface area contributed by atoms with Crippen LogP contribution in [0, 0.1) is 6.92 Å². The van der Waals surface area contributed by atoms with Crippen LogP contribution in [0.2, 0.25) is 10.0 Å². The van der Waals surface area contributed by atoms with Gasteiger partial charge in [0.1, 0.15) is 5.75 Å². The molecule has 2 aromatic rings. The van der Waals surface area contributed by atoms with E-state index in [1.165, 1.54) is 11.8 Å². The van der Waals surface area contributed by atoms with Gasteiger partial charge in [-0.2, -0.15) is 0 Å². The third-order valence-electron chi connectivity index (χ3n) is 3.77. The molecule has 0 aliphatic carbocycles. The highest BCUT2D eigenvalue weighted by molar-refractivity contribution is 6.35. The van der Waals surface area contributed by atoms with Crippen LogP contribution in [0.1, 0.15) is 18.9 Å². The van der Waals surface area contributed by atoms with Gasteiger partial charge in [0.05, 0.1) is 23.5 Å². The van der Waals surface area contributed by atoms with Crippen LogP contribution in [-0.4, -0.2) is 25.5 Å². The number of nitrogens with one attached hydrogen (secondary N) is 1. The van der Waals surface area contributed by atoms with Gasteiger partial charge in [-0.25, -0.2) is 0 Å². The summed E-state index contributed by atoms with van der Waals surface area (Å²) in [6.45, 7) is 3.52. The minimum atomic E-state index is -0.238. The molecule has 1 N–H and O–H groups in total.